The number of rotatable bonds is 2. The minimum Gasteiger partial charge on any atom is -0.397 e. The number of nitrogens with one attached hydrogen (secondary N) is 1. The van der Waals surface area contributed by atoms with Crippen molar-refractivity contribution >= 4 is 33.3 Å². The monoisotopic (exact) mass is 323 g/mol. The van der Waals surface area contributed by atoms with Crippen LogP contribution in [0.3, 0.4) is 0 Å². The van der Waals surface area contributed by atoms with E-state index in [-0.39, 0.29) is 5.56 Å². The lowest BCUT2D eigenvalue weighted by atomic mass is 10.1. The lowest BCUT2D eigenvalue weighted by molar-refractivity contribution is 0.102. The van der Waals surface area contributed by atoms with Gasteiger partial charge in [0.25, 0.3) is 5.91 Å². The molecule has 1 aromatic heterocycles. The number of pyridine rings is 1. The third kappa shape index (κ3) is 3.08. The summed E-state index contributed by atoms with van der Waals surface area (Å²) in [4.78, 5) is 15.9. The summed E-state index contributed by atoms with van der Waals surface area (Å²) in [6, 6.07) is 6.02. The number of nitrogen functional groups attached to an aromatic ring is 1. The van der Waals surface area contributed by atoms with Gasteiger partial charge in [0.1, 0.15) is 11.6 Å². The van der Waals surface area contributed by atoms with Crippen LogP contribution in [0.2, 0.25) is 0 Å². The molecule has 0 saturated carbocycles. The fraction of sp³-hybridized carbons (Fsp3) is 0.0769. The third-order valence-electron chi connectivity index (χ3n) is 2.46. The Balaban J connectivity index is 2.25. The van der Waals surface area contributed by atoms with Crippen molar-refractivity contribution in [3.05, 3.63) is 51.9 Å². The van der Waals surface area contributed by atoms with Crippen LogP contribution in [0.1, 0.15) is 15.9 Å². The number of benzene rings is 1. The smallest absolute Gasteiger partial charge is 0.259 e. The largest absolute Gasteiger partial charge is 0.397 e. The molecule has 1 amide bonds. The number of amides is 1. The first kappa shape index (κ1) is 13.5. The number of halogens is 2. The SMILES string of the molecule is Cc1ccc(C(=O)Nc2ncc(N)cc2Br)c(F)c1. The zero-order chi connectivity index (χ0) is 14.0. The Labute approximate surface area is 118 Å². The molecule has 0 atom stereocenters. The molecule has 0 spiro atoms. The molecule has 0 unspecified atom stereocenters. The van der Waals surface area contributed by atoms with Crippen molar-refractivity contribution in [2.75, 3.05) is 11.1 Å². The van der Waals surface area contributed by atoms with Crippen LogP contribution in [-0.2, 0) is 0 Å². The van der Waals surface area contributed by atoms with E-state index in [2.05, 4.69) is 26.2 Å². The lowest BCUT2D eigenvalue weighted by Gasteiger charge is -2.08. The van der Waals surface area contributed by atoms with Gasteiger partial charge in [0.05, 0.1) is 21.9 Å². The van der Waals surface area contributed by atoms with Crippen LogP contribution in [-0.4, -0.2) is 10.9 Å². The van der Waals surface area contributed by atoms with E-state index >= 15 is 0 Å². The minimum atomic E-state index is -0.566. The first-order chi connectivity index (χ1) is 8.97. The van der Waals surface area contributed by atoms with E-state index < -0.39 is 11.7 Å². The van der Waals surface area contributed by atoms with Gasteiger partial charge in [0.15, 0.2) is 0 Å². The van der Waals surface area contributed by atoms with Crippen LogP contribution in [0.25, 0.3) is 0 Å². The third-order valence-corrected chi connectivity index (χ3v) is 3.07. The summed E-state index contributed by atoms with van der Waals surface area (Å²) in [6.45, 7) is 1.75. The standard InChI is InChI=1S/C13H11BrFN3O/c1-7-2-3-9(11(15)4-7)13(19)18-12-10(14)5-8(16)6-17-12/h2-6H,16H2,1H3,(H,17,18,19). The molecule has 0 aliphatic rings. The average Bonchev–Trinajstić information content (AvgIpc) is 2.32. The van der Waals surface area contributed by atoms with E-state index in [1.807, 2.05) is 0 Å². The van der Waals surface area contributed by atoms with Gasteiger partial charge in [0, 0.05) is 0 Å². The van der Waals surface area contributed by atoms with Gasteiger partial charge < -0.3 is 11.1 Å². The van der Waals surface area contributed by atoms with Gasteiger partial charge in [-0.3, -0.25) is 4.79 Å². The zero-order valence-electron chi connectivity index (χ0n) is 10.1. The molecule has 2 aromatic rings. The molecule has 0 aliphatic carbocycles. The Morgan fingerprint density at radius 1 is 1.42 bits per heavy atom. The highest BCUT2D eigenvalue weighted by atomic mass is 79.9. The van der Waals surface area contributed by atoms with E-state index in [0.717, 1.165) is 5.56 Å². The summed E-state index contributed by atoms with van der Waals surface area (Å²) in [5.41, 5.74) is 6.73. The molecule has 19 heavy (non-hydrogen) atoms. The second-order valence-electron chi connectivity index (χ2n) is 4.04. The number of carbonyl (C=O) groups is 1. The van der Waals surface area contributed by atoms with Gasteiger partial charge in [-0.1, -0.05) is 6.07 Å². The van der Waals surface area contributed by atoms with Crippen molar-refractivity contribution in [2.24, 2.45) is 0 Å². The summed E-state index contributed by atoms with van der Waals surface area (Å²) in [7, 11) is 0. The fourth-order valence-corrected chi connectivity index (χ4v) is 1.99. The maximum absolute atomic E-state index is 13.7. The summed E-state index contributed by atoms with van der Waals surface area (Å²) in [5.74, 6) is -0.835. The minimum absolute atomic E-state index is 0.0314. The Hall–Kier alpha value is -1.95. The van der Waals surface area contributed by atoms with Gasteiger partial charge in [-0.25, -0.2) is 9.37 Å². The summed E-state index contributed by atoms with van der Waals surface area (Å²) in [6.07, 6.45) is 1.41. The number of hydrogen-bond acceptors (Lipinski definition) is 3. The molecule has 2 rings (SSSR count). The summed E-state index contributed by atoms with van der Waals surface area (Å²) in [5, 5.41) is 2.52. The lowest BCUT2D eigenvalue weighted by Crippen LogP contribution is -2.15. The highest BCUT2D eigenvalue weighted by molar-refractivity contribution is 9.10. The van der Waals surface area contributed by atoms with Crippen molar-refractivity contribution in [1.29, 1.82) is 0 Å². The number of aromatic nitrogens is 1. The number of nitrogens with zero attached hydrogens (tertiary/aromatic N) is 1. The number of aryl methyl sites for hydroxylation is 1. The van der Waals surface area contributed by atoms with Crippen LogP contribution in [0.5, 0.6) is 0 Å². The molecule has 1 aromatic carbocycles. The molecule has 1 heterocycles. The number of hydrogen-bond donors (Lipinski definition) is 2. The van der Waals surface area contributed by atoms with E-state index in [0.29, 0.717) is 16.0 Å². The Kier molecular flexibility index (Phi) is 3.80. The van der Waals surface area contributed by atoms with Gasteiger partial charge >= 0.3 is 0 Å². The predicted octanol–water partition coefficient (Wildman–Crippen LogP) is 3.13. The maximum atomic E-state index is 13.7. The number of nitrogens with two attached hydrogens (primary N) is 1. The first-order valence-electron chi connectivity index (χ1n) is 5.46. The van der Waals surface area contributed by atoms with E-state index in [1.165, 1.54) is 18.3 Å². The highest BCUT2D eigenvalue weighted by Gasteiger charge is 2.13. The molecular formula is C13H11BrFN3O. The molecule has 0 fully saturated rings. The zero-order valence-corrected chi connectivity index (χ0v) is 11.7. The Morgan fingerprint density at radius 3 is 2.79 bits per heavy atom. The van der Waals surface area contributed by atoms with Gasteiger partial charge in [-0.15, -0.1) is 0 Å². The second-order valence-corrected chi connectivity index (χ2v) is 4.89. The van der Waals surface area contributed by atoms with E-state index in [9.17, 15) is 9.18 Å². The molecule has 0 aliphatic heterocycles. The van der Waals surface area contributed by atoms with Crippen molar-refractivity contribution in [3.8, 4) is 0 Å². The second kappa shape index (κ2) is 5.36. The average molecular weight is 324 g/mol. The molecule has 0 radical (unpaired) electrons. The van der Waals surface area contributed by atoms with Crippen molar-refractivity contribution < 1.29 is 9.18 Å². The molecular weight excluding hydrogens is 313 g/mol. The summed E-state index contributed by atoms with van der Waals surface area (Å²) >= 11 is 3.23. The van der Waals surface area contributed by atoms with Crippen molar-refractivity contribution in [2.45, 2.75) is 6.92 Å². The van der Waals surface area contributed by atoms with Crippen molar-refractivity contribution in [3.63, 3.8) is 0 Å². The molecule has 0 bridgehead atoms. The topological polar surface area (TPSA) is 68.0 Å². The molecule has 98 valence electrons. The maximum Gasteiger partial charge on any atom is 0.259 e. The van der Waals surface area contributed by atoms with Gasteiger partial charge in [0.2, 0.25) is 0 Å². The van der Waals surface area contributed by atoms with Gasteiger partial charge in [-0.05, 0) is 46.6 Å². The molecule has 4 nitrogen and oxygen atoms in total. The van der Waals surface area contributed by atoms with E-state index in [1.54, 1.807) is 19.1 Å². The highest BCUT2D eigenvalue weighted by Crippen LogP contribution is 2.22. The number of anilines is 2. The van der Waals surface area contributed by atoms with Crippen molar-refractivity contribution in [1.82, 2.24) is 4.98 Å². The fourth-order valence-electron chi connectivity index (χ4n) is 1.52. The Morgan fingerprint density at radius 2 is 2.16 bits per heavy atom. The number of carbonyl (C=O) groups excluding carboxylic acids is 1. The quantitative estimate of drug-likeness (QED) is 0.892. The first-order valence-corrected chi connectivity index (χ1v) is 6.25. The Bertz CT molecular complexity index is 646. The predicted molar refractivity (Wildman–Crippen MR) is 75.4 cm³/mol. The van der Waals surface area contributed by atoms with Gasteiger partial charge in [-0.2, -0.15) is 0 Å². The summed E-state index contributed by atoms with van der Waals surface area (Å²) < 4.78 is 14.2. The normalized spacial score (nSPS) is 10.3. The molecule has 6 heteroatoms. The van der Waals surface area contributed by atoms with Crippen LogP contribution in [0, 0.1) is 12.7 Å². The van der Waals surface area contributed by atoms with Crippen LogP contribution < -0.4 is 11.1 Å². The molecule has 0 saturated heterocycles. The van der Waals surface area contributed by atoms with Crippen LogP contribution >= 0.6 is 15.9 Å². The van der Waals surface area contributed by atoms with E-state index in [4.69, 9.17) is 5.73 Å². The van der Waals surface area contributed by atoms with Crippen LogP contribution in [0.15, 0.2) is 34.9 Å². The van der Waals surface area contributed by atoms with Crippen LogP contribution in [0.4, 0.5) is 15.9 Å². The molecule has 3 N–H and O–H groups in total.